The highest BCUT2D eigenvalue weighted by Gasteiger charge is 2.22. The maximum absolute atomic E-state index is 13.1. The van der Waals surface area contributed by atoms with Gasteiger partial charge in [-0.05, 0) is 23.3 Å². The smallest absolute Gasteiger partial charge is 0.205 e. The summed E-state index contributed by atoms with van der Waals surface area (Å²) in [7, 11) is 0. The van der Waals surface area contributed by atoms with Crippen molar-refractivity contribution in [3.63, 3.8) is 0 Å². The highest BCUT2D eigenvalue weighted by Crippen LogP contribution is 2.24. The van der Waals surface area contributed by atoms with Crippen LogP contribution < -0.4 is 5.32 Å². The molecule has 1 aromatic heterocycles. The molecule has 0 amide bonds. The summed E-state index contributed by atoms with van der Waals surface area (Å²) in [4.78, 5) is 2.45. The average molecular weight is 399 g/mol. The summed E-state index contributed by atoms with van der Waals surface area (Å²) in [6.45, 7) is 4.14. The van der Waals surface area contributed by atoms with Gasteiger partial charge in [0.25, 0.3) is 0 Å². The van der Waals surface area contributed by atoms with E-state index in [-0.39, 0.29) is 11.9 Å². The van der Waals surface area contributed by atoms with Gasteiger partial charge in [0.2, 0.25) is 5.13 Å². The highest BCUT2D eigenvalue weighted by atomic mass is 32.1. The molecule has 1 fully saturated rings. The van der Waals surface area contributed by atoms with Crippen LogP contribution in [0.15, 0.2) is 54.6 Å². The standard InChI is InChI=1S/C21H23FN4OS/c22-18-8-6-16(7-9-18)14-20-24-25-21(28-20)23-15-19(17-4-2-1-3-5-17)26-10-12-27-13-11-26/h1-9,19H,10-15H2,(H,23,25). The molecule has 146 valence electrons. The number of halogens is 1. The molecule has 0 bridgehead atoms. The maximum atomic E-state index is 13.1. The number of nitrogens with one attached hydrogen (secondary N) is 1. The van der Waals surface area contributed by atoms with Crippen molar-refractivity contribution in [3.8, 4) is 0 Å². The van der Waals surface area contributed by atoms with Crippen LogP contribution in [0, 0.1) is 5.82 Å². The molecule has 5 nitrogen and oxygen atoms in total. The molecule has 0 aliphatic carbocycles. The van der Waals surface area contributed by atoms with Crippen molar-refractivity contribution in [2.75, 3.05) is 38.2 Å². The van der Waals surface area contributed by atoms with Crippen LogP contribution in [-0.2, 0) is 11.2 Å². The van der Waals surface area contributed by atoms with E-state index in [4.69, 9.17) is 4.74 Å². The first-order valence-corrected chi connectivity index (χ1v) is 10.3. The minimum absolute atomic E-state index is 0.224. The summed E-state index contributed by atoms with van der Waals surface area (Å²) >= 11 is 1.55. The zero-order valence-corrected chi connectivity index (χ0v) is 16.4. The van der Waals surface area contributed by atoms with Crippen molar-refractivity contribution < 1.29 is 9.13 Å². The SMILES string of the molecule is Fc1ccc(Cc2nnc(NCC(c3ccccc3)N3CCOCC3)s2)cc1. The topological polar surface area (TPSA) is 50.3 Å². The number of anilines is 1. The maximum Gasteiger partial charge on any atom is 0.205 e. The van der Waals surface area contributed by atoms with Gasteiger partial charge in [0.15, 0.2) is 0 Å². The Morgan fingerprint density at radius 3 is 2.54 bits per heavy atom. The highest BCUT2D eigenvalue weighted by molar-refractivity contribution is 7.15. The molecule has 0 saturated carbocycles. The van der Waals surface area contributed by atoms with Crippen LogP contribution in [-0.4, -0.2) is 47.9 Å². The van der Waals surface area contributed by atoms with Crippen LogP contribution in [0.2, 0.25) is 0 Å². The molecule has 7 heteroatoms. The lowest BCUT2D eigenvalue weighted by molar-refractivity contribution is 0.0187. The molecule has 1 atom stereocenters. The van der Waals surface area contributed by atoms with Gasteiger partial charge in [-0.15, -0.1) is 10.2 Å². The van der Waals surface area contributed by atoms with Gasteiger partial charge in [-0.2, -0.15) is 0 Å². The lowest BCUT2D eigenvalue weighted by atomic mass is 10.0. The molecule has 0 spiro atoms. The van der Waals surface area contributed by atoms with Crippen LogP contribution in [0.25, 0.3) is 0 Å². The van der Waals surface area contributed by atoms with Gasteiger partial charge >= 0.3 is 0 Å². The number of hydrogen-bond donors (Lipinski definition) is 1. The Bertz CT molecular complexity index is 866. The Hall–Kier alpha value is -2.35. The summed E-state index contributed by atoms with van der Waals surface area (Å²) in [6.07, 6.45) is 0.658. The summed E-state index contributed by atoms with van der Waals surface area (Å²) in [5.74, 6) is -0.224. The number of morpholine rings is 1. The van der Waals surface area contributed by atoms with Gasteiger partial charge in [0.1, 0.15) is 10.8 Å². The van der Waals surface area contributed by atoms with Crippen molar-refractivity contribution in [2.24, 2.45) is 0 Å². The number of hydrogen-bond acceptors (Lipinski definition) is 6. The van der Waals surface area contributed by atoms with Crippen LogP contribution in [0.5, 0.6) is 0 Å². The van der Waals surface area contributed by atoms with Gasteiger partial charge in [0, 0.05) is 26.1 Å². The fourth-order valence-electron chi connectivity index (χ4n) is 3.38. The second-order valence-electron chi connectivity index (χ2n) is 6.76. The lowest BCUT2D eigenvalue weighted by Gasteiger charge is -2.34. The Balaban J connectivity index is 1.41. The summed E-state index contributed by atoms with van der Waals surface area (Å²) in [6, 6.07) is 17.3. The summed E-state index contributed by atoms with van der Waals surface area (Å²) in [5, 5.41) is 13.7. The van der Waals surface area contributed by atoms with Crippen LogP contribution in [0.3, 0.4) is 0 Å². The number of ether oxygens (including phenoxy) is 1. The molecule has 0 radical (unpaired) electrons. The molecular formula is C21H23FN4OS. The monoisotopic (exact) mass is 398 g/mol. The second kappa shape index (κ2) is 9.23. The molecule has 3 aromatic rings. The van der Waals surface area contributed by atoms with Crippen molar-refractivity contribution in [3.05, 3.63) is 76.5 Å². The van der Waals surface area contributed by atoms with Gasteiger partial charge in [-0.3, -0.25) is 4.90 Å². The van der Waals surface area contributed by atoms with E-state index < -0.39 is 0 Å². The largest absolute Gasteiger partial charge is 0.379 e. The minimum Gasteiger partial charge on any atom is -0.379 e. The molecule has 2 heterocycles. The molecule has 1 N–H and O–H groups in total. The molecular weight excluding hydrogens is 375 g/mol. The Morgan fingerprint density at radius 1 is 1.04 bits per heavy atom. The van der Waals surface area contributed by atoms with E-state index in [9.17, 15) is 4.39 Å². The first-order valence-electron chi connectivity index (χ1n) is 9.45. The molecule has 1 saturated heterocycles. The quantitative estimate of drug-likeness (QED) is 0.657. The Kier molecular flexibility index (Phi) is 6.26. The van der Waals surface area contributed by atoms with E-state index in [1.54, 1.807) is 23.5 Å². The van der Waals surface area contributed by atoms with Crippen molar-refractivity contribution in [1.82, 2.24) is 15.1 Å². The molecule has 28 heavy (non-hydrogen) atoms. The third kappa shape index (κ3) is 4.92. The molecule has 1 aliphatic rings. The first kappa shape index (κ1) is 19.0. The van der Waals surface area contributed by atoms with E-state index in [0.717, 1.165) is 48.6 Å². The Morgan fingerprint density at radius 2 is 1.79 bits per heavy atom. The number of aromatic nitrogens is 2. The van der Waals surface area contributed by atoms with E-state index in [2.05, 4.69) is 44.7 Å². The third-order valence-electron chi connectivity index (χ3n) is 4.85. The minimum atomic E-state index is -0.224. The van der Waals surface area contributed by atoms with Crippen molar-refractivity contribution in [2.45, 2.75) is 12.5 Å². The van der Waals surface area contributed by atoms with Gasteiger partial charge in [0.05, 0.1) is 19.3 Å². The van der Waals surface area contributed by atoms with E-state index >= 15 is 0 Å². The number of rotatable bonds is 7. The second-order valence-corrected chi connectivity index (χ2v) is 7.82. The van der Waals surface area contributed by atoms with Crippen molar-refractivity contribution >= 4 is 16.5 Å². The number of nitrogens with zero attached hydrogens (tertiary/aromatic N) is 3. The van der Waals surface area contributed by atoms with E-state index in [1.807, 2.05) is 6.07 Å². The van der Waals surface area contributed by atoms with E-state index in [0.29, 0.717) is 6.42 Å². The zero-order chi connectivity index (χ0) is 19.2. The molecule has 2 aromatic carbocycles. The van der Waals surface area contributed by atoms with E-state index in [1.165, 1.54) is 17.7 Å². The Labute approximate surface area is 168 Å². The fourth-order valence-corrected chi connectivity index (χ4v) is 4.16. The van der Waals surface area contributed by atoms with Crippen LogP contribution >= 0.6 is 11.3 Å². The lowest BCUT2D eigenvalue weighted by Crippen LogP contribution is -2.41. The molecule has 4 rings (SSSR count). The van der Waals surface area contributed by atoms with Gasteiger partial charge < -0.3 is 10.1 Å². The van der Waals surface area contributed by atoms with Crippen molar-refractivity contribution in [1.29, 1.82) is 0 Å². The van der Waals surface area contributed by atoms with Crippen LogP contribution in [0.1, 0.15) is 22.2 Å². The number of benzene rings is 2. The average Bonchev–Trinajstić information content (AvgIpc) is 3.19. The van der Waals surface area contributed by atoms with Gasteiger partial charge in [-0.1, -0.05) is 53.8 Å². The zero-order valence-electron chi connectivity index (χ0n) is 15.6. The summed E-state index contributed by atoms with van der Waals surface area (Å²) in [5.41, 5.74) is 2.31. The first-order chi connectivity index (χ1) is 13.8. The molecule has 1 aliphatic heterocycles. The summed E-state index contributed by atoms with van der Waals surface area (Å²) < 4.78 is 18.6. The van der Waals surface area contributed by atoms with Gasteiger partial charge in [-0.25, -0.2) is 4.39 Å². The fraction of sp³-hybridized carbons (Fsp3) is 0.333. The predicted molar refractivity (Wildman–Crippen MR) is 109 cm³/mol. The normalized spacial score (nSPS) is 16.0. The van der Waals surface area contributed by atoms with Crippen LogP contribution in [0.4, 0.5) is 9.52 Å². The molecule has 1 unspecified atom stereocenters. The predicted octanol–water partition coefficient (Wildman–Crippen LogP) is 3.75. The third-order valence-corrected chi connectivity index (χ3v) is 5.73.